The van der Waals surface area contributed by atoms with Gasteiger partial charge in [-0.1, -0.05) is 29.8 Å². The molecule has 0 atom stereocenters. The van der Waals surface area contributed by atoms with Gasteiger partial charge in [0.1, 0.15) is 5.02 Å². The summed E-state index contributed by atoms with van der Waals surface area (Å²) < 4.78 is 44.4. The second kappa shape index (κ2) is 5.95. The molecule has 0 saturated carbocycles. The van der Waals surface area contributed by atoms with E-state index in [4.69, 9.17) is 27.9 Å². The number of carbonyl (C=O) groups is 1. The Kier molecular flexibility index (Phi) is 4.43. The Hall–Kier alpha value is -1.73. The van der Waals surface area contributed by atoms with Crippen LogP contribution >= 0.6 is 23.2 Å². The molecule has 0 aliphatic carbocycles. The molecule has 0 spiro atoms. The lowest BCUT2D eigenvalue weighted by molar-refractivity contribution is -0.141. The first-order chi connectivity index (χ1) is 9.80. The van der Waals surface area contributed by atoms with Crippen LogP contribution in [0.3, 0.4) is 0 Å². The molecule has 2 rings (SSSR count). The molecule has 0 radical (unpaired) electrons. The molecule has 0 saturated heterocycles. The number of alkyl halides is 3. The van der Waals surface area contributed by atoms with Crippen LogP contribution in [0.15, 0.2) is 30.3 Å². The van der Waals surface area contributed by atoms with Crippen molar-refractivity contribution in [2.75, 3.05) is 6.61 Å². The van der Waals surface area contributed by atoms with Crippen LogP contribution < -0.4 is 4.74 Å². The standard InChI is InChI=1S/C12H7Cl2F3N2O2/c13-8(20)6-21-11-9(14)10(12(15,16)17)18-19(11)7-4-2-1-3-5-7/h1-5H,6H2. The van der Waals surface area contributed by atoms with Crippen LogP contribution in [-0.2, 0) is 11.0 Å². The molecule has 1 heterocycles. The zero-order valence-electron chi connectivity index (χ0n) is 10.2. The minimum Gasteiger partial charge on any atom is -0.467 e. The van der Waals surface area contributed by atoms with E-state index in [1.54, 1.807) is 18.2 Å². The van der Waals surface area contributed by atoms with E-state index in [1.807, 2.05) is 0 Å². The molecule has 0 amide bonds. The second-order valence-corrected chi connectivity index (χ2v) is 4.66. The number of para-hydroxylation sites is 1. The number of carbonyl (C=O) groups excluding carboxylic acids is 1. The van der Waals surface area contributed by atoms with Crippen molar-refractivity contribution in [2.24, 2.45) is 0 Å². The van der Waals surface area contributed by atoms with Crippen LogP contribution in [0, 0.1) is 0 Å². The molecule has 0 N–H and O–H groups in total. The number of rotatable bonds is 4. The fraction of sp³-hybridized carbons (Fsp3) is 0.167. The number of benzene rings is 1. The van der Waals surface area contributed by atoms with Crippen molar-refractivity contribution in [1.29, 1.82) is 0 Å². The van der Waals surface area contributed by atoms with Crippen molar-refractivity contribution >= 4 is 28.4 Å². The monoisotopic (exact) mass is 338 g/mol. The van der Waals surface area contributed by atoms with Crippen molar-refractivity contribution in [3.63, 3.8) is 0 Å². The molecule has 9 heteroatoms. The predicted octanol–water partition coefficient (Wildman–Crippen LogP) is 3.69. The van der Waals surface area contributed by atoms with Crippen molar-refractivity contribution in [3.8, 4) is 11.6 Å². The first kappa shape index (κ1) is 15.7. The van der Waals surface area contributed by atoms with Crippen LogP contribution in [0.2, 0.25) is 5.02 Å². The average molecular weight is 339 g/mol. The Morgan fingerprint density at radius 1 is 1.29 bits per heavy atom. The lowest BCUT2D eigenvalue weighted by Gasteiger charge is -2.07. The van der Waals surface area contributed by atoms with E-state index in [1.165, 1.54) is 12.1 Å². The summed E-state index contributed by atoms with van der Waals surface area (Å²) in [6.45, 7) is -0.628. The van der Waals surface area contributed by atoms with Crippen molar-refractivity contribution < 1.29 is 22.7 Å². The number of aromatic nitrogens is 2. The highest BCUT2D eigenvalue weighted by Crippen LogP contribution is 2.40. The molecule has 112 valence electrons. The Morgan fingerprint density at radius 2 is 1.90 bits per heavy atom. The molecule has 1 aromatic carbocycles. The van der Waals surface area contributed by atoms with E-state index in [-0.39, 0.29) is 0 Å². The molecular formula is C12H7Cl2F3N2O2. The van der Waals surface area contributed by atoms with Gasteiger partial charge in [-0.25, -0.2) is 0 Å². The van der Waals surface area contributed by atoms with Gasteiger partial charge in [0, 0.05) is 0 Å². The molecule has 1 aromatic heterocycles. The maximum atomic E-state index is 12.8. The Bertz CT molecular complexity index is 657. The largest absolute Gasteiger partial charge is 0.467 e. The van der Waals surface area contributed by atoms with Gasteiger partial charge in [-0.15, -0.1) is 0 Å². The van der Waals surface area contributed by atoms with Crippen LogP contribution in [0.4, 0.5) is 13.2 Å². The Morgan fingerprint density at radius 3 is 2.43 bits per heavy atom. The first-order valence-corrected chi connectivity index (χ1v) is 6.28. The number of ether oxygens (including phenoxy) is 1. The fourth-order valence-corrected chi connectivity index (χ4v) is 1.89. The molecular weight excluding hydrogens is 332 g/mol. The van der Waals surface area contributed by atoms with Crippen molar-refractivity contribution in [3.05, 3.63) is 41.0 Å². The van der Waals surface area contributed by atoms with Gasteiger partial charge >= 0.3 is 6.18 Å². The van der Waals surface area contributed by atoms with Gasteiger partial charge < -0.3 is 4.74 Å². The fourth-order valence-electron chi connectivity index (χ4n) is 1.56. The zero-order valence-corrected chi connectivity index (χ0v) is 11.7. The predicted molar refractivity (Wildman–Crippen MR) is 69.9 cm³/mol. The van der Waals surface area contributed by atoms with Crippen LogP contribution in [0.25, 0.3) is 5.69 Å². The number of halogens is 5. The minimum absolute atomic E-state index is 0.298. The molecule has 0 fully saturated rings. The molecule has 0 unspecified atom stereocenters. The number of nitrogens with zero attached hydrogens (tertiary/aromatic N) is 2. The van der Waals surface area contributed by atoms with Gasteiger partial charge in [-0.2, -0.15) is 23.0 Å². The SMILES string of the molecule is O=C(Cl)COc1c(Cl)c(C(F)(F)F)nn1-c1ccccc1. The molecule has 21 heavy (non-hydrogen) atoms. The van der Waals surface area contributed by atoms with Gasteiger partial charge in [0.15, 0.2) is 12.3 Å². The summed E-state index contributed by atoms with van der Waals surface area (Å²) in [6, 6.07) is 7.92. The van der Waals surface area contributed by atoms with Gasteiger partial charge in [0.05, 0.1) is 5.69 Å². The lowest BCUT2D eigenvalue weighted by Crippen LogP contribution is -2.09. The molecule has 4 nitrogen and oxygen atoms in total. The van der Waals surface area contributed by atoms with Gasteiger partial charge in [-0.3, -0.25) is 4.79 Å². The summed E-state index contributed by atoms with van der Waals surface area (Å²) in [5.41, 5.74) is -1.00. The summed E-state index contributed by atoms with van der Waals surface area (Å²) in [4.78, 5) is 10.7. The summed E-state index contributed by atoms with van der Waals surface area (Å²) in [5, 5.41) is 1.80. The normalized spacial score (nSPS) is 11.5. The highest BCUT2D eigenvalue weighted by atomic mass is 35.5. The smallest absolute Gasteiger partial charge is 0.436 e. The quantitative estimate of drug-likeness (QED) is 0.798. The maximum Gasteiger partial charge on any atom is 0.436 e. The van der Waals surface area contributed by atoms with E-state index >= 15 is 0 Å². The topological polar surface area (TPSA) is 44.1 Å². The number of hydrogen-bond acceptors (Lipinski definition) is 3. The van der Waals surface area contributed by atoms with Crippen LogP contribution in [-0.4, -0.2) is 21.6 Å². The van der Waals surface area contributed by atoms with Crippen LogP contribution in [0.5, 0.6) is 5.88 Å². The van der Waals surface area contributed by atoms with E-state index in [0.717, 1.165) is 4.68 Å². The van der Waals surface area contributed by atoms with Crippen molar-refractivity contribution in [2.45, 2.75) is 6.18 Å². The van der Waals surface area contributed by atoms with Gasteiger partial charge in [0.25, 0.3) is 5.24 Å². The van der Waals surface area contributed by atoms with Gasteiger partial charge in [0.2, 0.25) is 5.88 Å². The summed E-state index contributed by atoms with van der Waals surface area (Å²) in [6.07, 6.45) is -4.75. The third-order valence-electron chi connectivity index (χ3n) is 2.38. The highest BCUT2D eigenvalue weighted by molar-refractivity contribution is 6.63. The van der Waals surface area contributed by atoms with Crippen LogP contribution in [0.1, 0.15) is 5.69 Å². The summed E-state index contributed by atoms with van der Waals surface area (Å²) in [7, 11) is 0. The second-order valence-electron chi connectivity index (χ2n) is 3.86. The Balaban J connectivity index is 2.54. The molecule has 2 aromatic rings. The molecule has 0 aliphatic heterocycles. The minimum atomic E-state index is -4.75. The van der Waals surface area contributed by atoms with E-state index < -0.39 is 34.6 Å². The Labute approximate surface area is 127 Å². The third kappa shape index (κ3) is 3.48. The zero-order chi connectivity index (χ0) is 15.6. The molecule has 0 bridgehead atoms. The lowest BCUT2D eigenvalue weighted by atomic mass is 10.3. The third-order valence-corrected chi connectivity index (χ3v) is 2.83. The van der Waals surface area contributed by atoms with Crippen molar-refractivity contribution in [1.82, 2.24) is 9.78 Å². The summed E-state index contributed by atoms with van der Waals surface area (Å²) in [5.74, 6) is -0.399. The summed E-state index contributed by atoms with van der Waals surface area (Å²) >= 11 is 10.8. The van der Waals surface area contributed by atoms with E-state index in [0.29, 0.717) is 5.69 Å². The van der Waals surface area contributed by atoms with Gasteiger partial charge in [-0.05, 0) is 23.7 Å². The maximum absolute atomic E-state index is 12.8. The molecule has 0 aliphatic rings. The average Bonchev–Trinajstić information content (AvgIpc) is 2.74. The first-order valence-electron chi connectivity index (χ1n) is 5.53. The van der Waals surface area contributed by atoms with E-state index in [9.17, 15) is 18.0 Å². The number of hydrogen-bond donors (Lipinski definition) is 0. The van der Waals surface area contributed by atoms with E-state index in [2.05, 4.69) is 5.10 Å². The highest BCUT2D eigenvalue weighted by Gasteiger charge is 2.40.